The van der Waals surface area contributed by atoms with Crippen molar-refractivity contribution in [1.82, 2.24) is 9.97 Å². The number of para-hydroxylation sites is 1. The molecule has 0 aliphatic heterocycles. The van der Waals surface area contributed by atoms with Crippen LogP contribution in [0.2, 0.25) is 0 Å². The smallest absolute Gasteiger partial charge is 0.174 e. The van der Waals surface area contributed by atoms with Crippen LogP contribution in [0.3, 0.4) is 0 Å². The van der Waals surface area contributed by atoms with Crippen molar-refractivity contribution in [3.05, 3.63) is 46.5 Å². The van der Waals surface area contributed by atoms with Gasteiger partial charge < -0.3 is 14.7 Å². The molecule has 4 heteroatoms. The van der Waals surface area contributed by atoms with Crippen molar-refractivity contribution in [1.29, 1.82) is 0 Å². The van der Waals surface area contributed by atoms with Crippen LogP contribution in [0.15, 0.2) is 30.5 Å². The fraction of sp³-hybridized carbons (Fsp3) is 0.182. The highest BCUT2D eigenvalue weighted by atomic mass is 32.1. The minimum Gasteiger partial charge on any atom is -0.487 e. The average Bonchev–Trinajstić information content (AvgIpc) is 2.63. The molecule has 0 spiro atoms. The van der Waals surface area contributed by atoms with E-state index in [1.807, 2.05) is 37.4 Å². The molecule has 15 heavy (non-hydrogen) atoms. The fourth-order valence-electron chi connectivity index (χ4n) is 1.32. The molecule has 0 bridgehead atoms. The van der Waals surface area contributed by atoms with Gasteiger partial charge in [-0.25, -0.2) is 0 Å². The second kappa shape index (κ2) is 4.31. The third kappa shape index (κ3) is 2.47. The van der Waals surface area contributed by atoms with Crippen LogP contribution in [0.25, 0.3) is 0 Å². The summed E-state index contributed by atoms with van der Waals surface area (Å²) in [7, 11) is 0. The molecule has 2 rings (SSSR count). The molecule has 0 aliphatic carbocycles. The van der Waals surface area contributed by atoms with E-state index in [0.717, 1.165) is 17.0 Å². The second-order valence-electron chi connectivity index (χ2n) is 3.32. The molecular formula is C11H12N2OS. The minimum absolute atomic E-state index is 0.498. The molecule has 3 nitrogen and oxygen atoms in total. The predicted molar refractivity (Wildman–Crippen MR) is 61.5 cm³/mol. The Morgan fingerprint density at radius 1 is 1.33 bits per heavy atom. The van der Waals surface area contributed by atoms with Crippen molar-refractivity contribution in [2.75, 3.05) is 0 Å². The number of benzene rings is 1. The molecule has 78 valence electrons. The van der Waals surface area contributed by atoms with E-state index in [1.54, 1.807) is 0 Å². The molecule has 2 N–H and O–H groups in total. The van der Waals surface area contributed by atoms with Crippen LogP contribution in [-0.4, -0.2) is 9.97 Å². The van der Waals surface area contributed by atoms with Crippen LogP contribution in [0.5, 0.6) is 5.75 Å². The van der Waals surface area contributed by atoms with Gasteiger partial charge in [-0.1, -0.05) is 18.2 Å². The fourth-order valence-corrected chi connectivity index (χ4v) is 1.51. The lowest BCUT2D eigenvalue weighted by Crippen LogP contribution is -1.96. The minimum atomic E-state index is 0.498. The first-order chi connectivity index (χ1) is 7.25. The first kappa shape index (κ1) is 9.98. The molecule has 0 atom stereocenters. The summed E-state index contributed by atoms with van der Waals surface area (Å²) < 4.78 is 6.26. The molecule has 0 unspecified atom stereocenters. The standard InChI is InChI=1S/C11H12N2OS/c1-8-4-2-3-5-10(8)14-7-9-6-12-11(15)13-9/h2-6H,7H2,1H3,(H2,12,13,15). The zero-order valence-corrected chi connectivity index (χ0v) is 9.23. The first-order valence-corrected chi connectivity index (χ1v) is 5.11. The molecule has 0 fully saturated rings. The highest BCUT2D eigenvalue weighted by molar-refractivity contribution is 7.71. The highest BCUT2D eigenvalue weighted by Crippen LogP contribution is 2.17. The number of hydrogen-bond acceptors (Lipinski definition) is 2. The summed E-state index contributed by atoms with van der Waals surface area (Å²) in [5.41, 5.74) is 2.08. The zero-order valence-electron chi connectivity index (χ0n) is 8.41. The maximum absolute atomic E-state index is 5.64. The summed E-state index contributed by atoms with van der Waals surface area (Å²) in [6, 6.07) is 7.93. The van der Waals surface area contributed by atoms with E-state index in [9.17, 15) is 0 Å². The van der Waals surface area contributed by atoms with E-state index >= 15 is 0 Å². The summed E-state index contributed by atoms with van der Waals surface area (Å²) in [4.78, 5) is 5.90. The lowest BCUT2D eigenvalue weighted by molar-refractivity contribution is 0.300. The van der Waals surface area contributed by atoms with Crippen LogP contribution in [-0.2, 0) is 6.61 Å². The predicted octanol–water partition coefficient (Wildman–Crippen LogP) is 2.96. The lowest BCUT2D eigenvalue weighted by Gasteiger charge is -2.06. The maximum atomic E-state index is 5.64. The van der Waals surface area contributed by atoms with Gasteiger partial charge in [0.2, 0.25) is 0 Å². The number of ether oxygens (including phenoxy) is 1. The topological polar surface area (TPSA) is 40.8 Å². The Labute approximate surface area is 93.1 Å². The molecule has 0 saturated heterocycles. The van der Waals surface area contributed by atoms with Gasteiger partial charge in [0.05, 0.1) is 5.69 Å². The molecule has 0 saturated carbocycles. The van der Waals surface area contributed by atoms with Crippen LogP contribution in [0.4, 0.5) is 0 Å². The van der Waals surface area contributed by atoms with Gasteiger partial charge in [0, 0.05) is 6.20 Å². The average molecular weight is 220 g/mol. The number of imidazole rings is 1. The van der Waals surface area contributed by atoms with E-state index in [0.29, 0.717) is 11.4 Å². The number of aromatic nitrogens is 2. The number of aromatic amines is 2. The monoisotopic (exact) mass is 220 g/mol. The summed E-state index contributed by atoms with van der Waals surface area (Å²) in [5.74, 6) is 0.901. The molecule has 2 aromatic rings. The Morgan fingerprint density at radius 3 is 2.80 bits per heavy atom. The third-order valence-corrected chi connectivity index (χ3v) is 2.35. The van der Waals surface area contributed by atoms with Crippen molar-refractivity contribution in [2.24, 2.45) is 0 Å². The van der Waals surface area contributed by atoms with Crippen molar-refractivity contribution in [3.8, 4) is 5.75 Å². The van der Waals surface area contributed by atoms with Crippen LogP contribution < -0.4 is 4.74 Å². The van der Waals surface area contributed by atoms with E-state index in [2.05, 4.69) is 9.97 Å². The van der Waals surface area contributed by atoms with Gasteiger partial charge in [-0.15, -0.1) is 0 Å². The largest absolute Gasteiger partial charge is 0.487 e. The number of aryl methyl sites for hydroxylation is 1. The molecule has 1 aromatic heterocycles. The van der Waals surface area contributed by atoms with Gasteiger partial charge in [-0.2, -0.15) is 0 Å². The van der Waals surface area contributed by atoms with Gasteiger partial charge in [0.15, 0.2) is 4.77 Å². The highest BCUT2D eigenvalue weighted by Gasteiger charge is 1.99. The quantitative estimate of drug-likeness (QED) is 0.781. The van der Waals surface area contributed by atoms with E-state index in [-0.39, 0.29) is 0 Å². The number of H-pyrrole nitrogens is 2. The maximum Gasteiger partial charge on any atom is 0.174 e. The Bertz CT molecular complexity index is 501. The Balaban J connectivity index is 2.05. The van der Waals surface area contributed by atoms with Crippen molar-refractivity contribution < 1.29 is 4.74 Å². The van der Waals surface area contributed by atoms with Gasteiger partial charge in [-0.3, -0.25) is 0 Å². The van der Waals surface area contributed by atoms with Crippen LogP contribution >= 0.6 is 12.2 Å². The normalized spacial score (nSPS) is 10.2. The van der Waals surface area contributed by atoms with Gasteiger partial charge >= 0.3 is 0 Å². The van der Waals surface area contributed by atoms with Crippen molar-refractivity contribution in [3.63, 3.8) is 0 Å². The summed E-state index contributed by atoms with van der Waals surface area (Å²) in [6.45, 7) is 2.52. The molecule has 1 heterocycles. The SMILES string of the molecule is Cc1ccccc1OCc1c[nH]c(=S)[nH]1. The first-order valence-electron chi connectivity index (χ1n) is 4.71. The Morgan fingerprint density at radius 2 is 2.13 bits per heavy atom. The molecule has 0 amide bonds. The van der Waals surface area contributed by atoms with Crippen LogP contribution in [0, 0.1) is 11.7 Å². The van der Waals surface area contributed by atoms with Gasteiger partial charge in [-0.05, 0) is 30.8 Å². The molecular weight excluding hydrogens is 208 g/mol. The lowest BCUT2D eigenvalue weighted by atomic mass is 10.2. The van der Waals surface area contributed by atoms with Crippen molar-refractivity contribution in [2.45, 2.75) is 13.5 Å². The summed E-state index contributed by atoms with van der Waals surface area (Å²) >= 11 is 4.92. The summed E-state index contributed by atoms with van der Waals surface area (Å²) in [6.07, 6.45) is 1.82. The summed E-state index contributed by atoms with van der Waals surface area (Å²) in [5, 5.41) is 0. The number of rotatable bonds is 3. The van der Waals surface area contributed by atoms with Crippen LogP contribution in [0.1, 0.15) is 11.3 Å². The Kier molecular flexibility index (Phi) is 2.87. The molecule has 0 radical (unpaired) electrons. The van der Waals surface area contributed by atoms with E-state index < -0.39 is 0 Å². The molecule has 0 aliphatic rings. The zero-order chi connectivity index (χ0) is 10.7. The van der Waals surface area contributed by atoms with Gasteiger partial charge in [0.1, 0.15) is 12.4 Å². The second-order valence-corrected chi connectivity index (χ2v) is 3.73. The molecule has 1 aromatic carbocycles. The third-order valence-electron chi connectivity index (χ3n) is 2.13. The number of hydrogen-bond donors (Lipinski definition) is 2. The van der Waals surface area contributed by atoms with E-state index in [1.165, 1.54) is 0 Å². The Hall–Kier alpha value is -1.55. The van der Waals surface area contributed by atoms with Crippen molar-refractivity contribution >= 4 is 12.2 Å². The van der Waals surface area contributed by atoms with Gasteiger partial charge in [0.25, 0.3) is 0 Å². The number of nitrogens with one attached hydrogen (secondary N) is 2. The van der Waals surface area contributed by atoms with E-state index in [4.69, 9.17) is 17.0 Å².